The van der Waals surface area contributed by atoms with Gasteiger partial charge in [-0.05, 0) is 138 Å². The summed E-state index contributed by atoms with van der Waals surface area (Å²) < 4.78 is 15.6. The van der Waals surface area contributed by atoms with Gasteiger partial charge < -0.3 is 25.1 Å². The van der Waals surface area contributed by atoms with Crippen molar-refractivity contribution in [2.45, 2.75) is 148 Å². The summed E-state index contributed by atoms with van der Waals surface area (Å²) in [7, 11) is 0. The van der Waals surface area contributed by atoms with Gasteiger partial charge in [-0.1, -0.05) is 189 Å². The SMILES string of the molecule is CC(C)(C)OC(=O)C[C@]1(C)C[C@H]1c1ccccc1.CCOC(=O)[C@]1(C)C[C@H]1c1ccccc1.C[C@@]1(C(=O)N=[N+]=N)C[C@H]1c1ccccc1.C[C@@]1(C(=O)O)C[C@H]1c1ccccc1.C[C@@]1(N)C[C@H]1c1ccccc1.c1ccc([C@H]2CO2)cc1. The molecule has 6 fully saturated rings. The number of benzene rings is 6. The highest BCUT2D eigenvalue weighted by atomic mass is 16.6. The maximum absolute atomic E-state index is 11.9. The van der Waals surface area contributed by atoms with Crippen molar-refractivity contribution in [1.82, 2.24) is 4.91 Å². The topological polar surface area (TPSA) is 196 Å². The molecule has 5 saturated carbocycles. The number of rotatable bonds is 12. The van der Waals surface area contributed by atoms with E-state index in [-0.39, 0.29) is 51.7 Å². The van der Waals surface area contributed by atoms with Gasteiger partial charge in [-0.25, -0.2) is 0 Å². The van der Waals surface area contributed by atoms with Gasteiger partial charge in [0.05, 0.1) is 35.9 Å². The van der Waals surface area contributed by atoms with Crippen molar-refractivity contribution in [3.05, 3.63) is 215 Å². The minimum absolute atomic E-state index is 0.0566. The molecule has 6 aromatic rings. The molecule has 5 aliphatic carbocycles. The van der Waals surface area contributed by atoms with Gasteiger partial charge in [-0.15, -0.1) is 0 Å². The molecule has 6 aromatic carbocycles. The number of nitrogens with one attached hydrogen (secondary N) is 1. The van der Waals surface area contributed by atoms with Crippen LogP contribution in [0.3, 0.4) is 0 Å². The second-order valence-electron chi connectivity index (χ2n) is 24.8. The number of amides is 1. The van der Waals surface area contributed by atoms with Crippen LogP contribution in [0, 0.1) is 27.2 Å². The van der Waals surface area contributed by atoms with Crippen LogP contribution in [-0.2, 0) is 33.4 Å². The van der Waals surface area contributed by atoms with Gasteiger partial charge in [-0.3, -0.25) is 19.2 Å². The van der Waals surface area contributed by atoms with Gasteiger partial charge in [0.15, 0.2) is 5.11 Å². The van der Waals surface area contributed by atoms with E-state index in [2.05, 4.69) is 96.7 Å². The first kappa shape index (κ1) is 61.3. The molecule has 4 N–H and O–H groups in total. The van der Waals surface area contributed by atoms with E-state index in [1.807, 2.05) is 158 Å². The molecule has 12 heteroatoms. The van der Waals surface area contributed by atoms with E-state index in [1.165, 1.54) is 22.3 Å². The maximum atomic E-state index is 11.9. The predicted molar refractivity (Wildman–Crippen MR) is 316 cm³/mol. The summed E-state index contributed by atoms with van der Waals surface area (Å²) in [6, 6.07) is 61.2. The molecule has 0 aromatic heterocycles. The quantitative estimate of drug-likeness (QED) is 0.0462. The van der Waals surface area contributed by atoms with E-state index in [0.717, 1.165) is 49.8 Å². The maximum Gasteiger partial charge on any atom is 0.336 e. The van der Waals surface area contributed by atoms with Crippen molar-refractivity contribution in [2.75, 3.05) is 13.2 Å². The first-order valence-corrected chi connectivity index (χ1v) is 28.4. The summed E-state index contributed by atoms with van der Waals surface area (Å²) >= 11 is 0. The molecule has 1 aliphatic heterocycles. The molecule has 0 bridgehead atoms. The summed E-state index contributed by atoms with van der Waals surface area (Å²) in [4.78, 5) is 48.8. The number of esters is 2. The number of hydrogen-bond donors (Lipinski definition) is 3. The lowest BCUT2D eigenvalue weighted by atomic mass is 9.97. The second kappa shape index (κ2) is 26.0. The first-order chi connectivity index (χ1) is 38.5. The monoisotopic (exact) mass is 1100 g/mol. The molecular weight excluding hydrogens is 1010 g/mol. The molecule has 0 unspecified atom stereocenters. The fourth-order valence-electron chi connectivity index (χ4n) is 10.8. The summed E-state index contributed by atoms with van der Waals surface area (Å²) in [6.45, 7) is 18.9. The Bertz CT molecular complexity index is 3080. The van der Waals surface area contributed by atoms with Crippen LogP contribution in [0.1, 0.15) is 170 Å². The Labute approximate surface area is 479 Å². The van der Waals surface area contributed by atoms with E-state index >= 15 is 0 Å². The Morgan fingerprint density at radius 1 is 0.568 bits per heavy atom. The van der Waals surface area contributed by atoms with Crippen LogP contribution >= 0.6 is 0 Å². The molecule has 1 saturated heterocycles. The lowest BCUT2D eigenvalue weighted by molar-refractivity contribution is -0.156. The van der Waals surface area contributed by atoms with E-state index in [4.69, 9.17) is 30.6 Å². The Morgan fingerprint density at radius 3 is 1.26 bits per heavy atom. The van der Waals surface area contributed by atoms with Crippen LogP contribution in [0.25, 0.3) is 0 Å². The van der Waals surface area contributed by atoms with Gasteiger partial charge in [0, 0.05) is 23.3 Å². The Kier molecular flexibility index (Phi) is 19.7. The number of carboxylic acid groups (broad SMARTS) is 1. The lowest BCUT2D eigenvalue weighted by Crippen LogP contribution is -2.25. The number of carboxylic acids is 1. The molecule has 0 radical (unpaired) electrons. The molecule has 426 valence electrons. The van der Waals surface area contributed by atoms with Crippen molar-refractivity contribution in [1.29, 1.82) is 5.53 Å². The molecule has 11 atom stereocenters. The zero-order valence-corrected chi connectivity index (χ0v) is 48.7. The molecule has 1 amide bonds. The van der Waals surface area contributed by atoms with Gasteiger partial charge in [0.1, 0.15) is 17.2 Å². The molecule has 6 aliphatic rings. The number of hydrogen-bond acceptors (Lipinski definition) is 9. The van der Waals surface area contributed by atoms with Crippen molar-refractivity contribution >= 4 is 23.8 Å². The van der Waals surface area contributed by atoms with E-state index in [0.29, 0.717) is 36.9 Å². The van der Waals surface area contributed by atoms with Crippen molar-refractivity contribution in [3.63, 3.8) is 0 Å². The zero-order chi connectivity index (χ0) is 58.6. The van der Waals surface area contributed by atoms with Crippen LogP contribution in [-0.4, -0.2) is 53.3 Å². The largest absolute Gasteiger partial charge is 0.481 e. The fraction of sp³-hybridized carbons (Fsp3) is 0.420. The Balaban J connectivity index is 0.000000142. The number of aliphatic carboxylic acids is 1. The zero-order valence-electron chi connectivity index (χ0n) is 48.7. The lowest BCUT2D eigenvalue weighted by Gasteiger charge is -2.21. The van der Waals surface area contributed by atoms with Gasteiger partial charge in [0.25, 0.3) is 0 Å². The molecule has 12 nitrogen and oxygen atoms in total. The Morgan fingerprint density at radius 2 is 0.914 bits per heavy atom. The fourth-order valence-corrected chi connectivity index (χ4v) is 10.8. The van der Waals surface area contributed by atoms with Crippen molar-refractivity contribution in [3.8, 4) is 0 Å². The summed E-state index contributed by atoms with van der Waals surface area (Å²) in [5.74, 6) is 0.797. The minimum atomic E-state index is -0.679. The van der Waals surface area contributed by atoms with Crippen LogP contribution in [0.5, 0.6) is 0 Å². The van der Waals surface area contributed by atoms with Crippen LogP contribution in [0.2, 0.25) is 0 Å². The number of ether oxygens (including phenoxy) is 3. The predicted octanol–water partition coefficient (Wildman–Crippen LogP) is 14.8. The highest BCUT2D eigenvalue weighted by molar-refractivity contribution is 5.87. The third-order valence-electron chi connectivity index (χ3n) is 16.7. The smallest absolute Gasteiger partial charge is 0.336 e. The van der Waals surface area contributed by atoms with Crippen LogP contribution < -0.4 is 10.6 Å². The first-order valence-electron chi connectivity index (χ1n) is 28.4. The third-order valence-corrected chi connectivity index (χ3v) is 16.7. The van der Waals surface area contributed by atoms with Gasteiger partial charge in [0.2, 0.25) is 4.91 Å². The van der Waals surface area contributed by atoms with Gasteiger partial charge >= 0.3 is 23.8 Å². The highest BCUT2D eigenvalue weighted by Crippen LogP contribution is 2.62. The van der Waals surface area contributed by atoms with Gasteiger partial charge in [-0.2, -0.15) is 0 Å². The van der Waals surface area contributed by atoms with E-state index in [1.54, 1.807) is 0 Å². The molecule has 1 heterocycles. The van der Waals surface area contributed by atoms with Crippen molar-refractivity contribution in [2.24, 2.45) is 32.5 Å². The highest BCUT2D eigenvalue weighted by Gasteiger charge is 2.60. The van der Waals surface area contributed by atoms with Crippen LogP contribution in [0.4, 0.5) is 0 Å². The summed E-state index contributed by atoms with van der Waals surface area (Å²) in [5.41, 5.74) is 18.6. The normalized spacial score (nSPS) is 28.9. The molecular formula is C69H83N4O8+. The standard InChI is InChI=1S/C16H22O2.C13H16O2.C11H12N3O.C11H12O2.C10H13N.C8H8O/c1-15(2,3)18-14(17)11-16(4)10-13(16)12-8-6-5-7-9-12;1-3-15-12(14)13(2)9-11(13)10-7-5-4-6-8-10;1-11(10(15)13-14-12)7-9(11)8-5-3-2-4-6-8;1-11(10(12)13)7-9(11)8-5-3-2-4-6-8;1-10(11)7-9(10)8-5-3-2-4-6-8;1-2-4-7(5-3-1)8-6-9-8/h5-9,13H,10-11H2,1-4H3;4-8,11H,3,9H2,1-2H3;2-6,9,12H,7H2,1H3;2-6,9H,7H2,1H3,(H,12,13);2-6,9H,7,11H2,1H3;1-5,8H,6H2/q;;+1;;;/t13-,16-;11-,13+;2*9-,11+;9-,10+;8-/m000001/s1. The number of carbonyl (C=O) groups excluding carboxylic acids is 3. The number of nitrogens with zero attached hydrogens (tertiary/aromatic N) is 2. The van der Waals surface area contributed by atoms with E-state index in [9.17, 15) is 19.2 Å². The minimum Gasteiger partial charge on any atom is -0.481 e. The summed E-state index contributed by atoms with van der Waals surface area (Å²) in [5, 5.41) is 12.2. The molecule has 81 heavy (non-hydrogen) atoms. The van der Waals surface area contributed by atoms with Crippen molar-refractivity contribution < 1.29 is 38.5 Å². The number of nitrogens with two attached hydrogens (primary N) is 1. The Hall–Kier alpha value is -7.37. The molecule has 12 rings (SSSR count). The van der Waals surface area contributed by atoms with Crippen LogP contribution in [0.15, 0.2) is 187 Å². The number of carbonyl (C=O) groups is 4. The average Bonchev–Trinajstić information content (AvgIpc) is 4.32. The molecule has 0 spiro atoms. The summed E-state index contributed by atoms with van der Waals surface area (Å²) in [6.07, 6.45) is 5.62. The average molecular weight is 1100 g/mol. The third kappa shape index (κ3) is 16.9. The van der Waals surface area contributed by atoms with E-state index < -0.39 is 16.8 Å². The second-order valence-corrected chi connectivity index (χ2v) is 24.8. The number of epoxide rings is 1.